The first-order valence-corrected chi connectivity index (χ1v) is 9.00. The first-order chi connectivity index (χ1) is 10.0. The Balaban J connectivity index is 2.07. The fraction of sp³-hybridized carbons (Fsp3) is 0.611. The molecule has 21 heavy (non-hydrogen) atoms. The van der Waals surface area contributed by atoms with E-state index in [0.29, 0.717) is 17.2 Å². The van der Waals surface area contributed by atoms with Gasteiger partial charge < -0.3 is 4.90 Å². The molecule has 3 heteroatoms. The predicted octanol–water partition coefficient (Wildman–Crippen LogP) is 4.73. The predicted molar refractivity (Wildman–Crippen MR) is 93.3 cm³/mol. The second kappa shape index (κ2) is 7.44. The zero-order valence-electron chi connectivity index (χ0n) is 13.4. The minimum atomic E-state index is 0.281. The number of nitrogens with zero attached hydrogens (tertiary/aromatic N) is 1. The Morgan fingerprint density at radius 1 is 1.38 bits per heavy atom. The molecule has 1 atom stereocenters. The van der Waals surface area contributed by atoms with Crippen LogP contribution in [0.2, 0.25) is 0 Å². The highest BCUT2D eigenvalue weighted by atomic mass is 79.9. The van der Waals surface area contributed by atoms with E-state index in [-0.39, 0.29) is 5.91 Å². The molecule has 0 spiro atoms. The molecule has 1 aliphatic heterocycles. The quantitative estimate of drug-likeness (QED) is 0.678. The van der Waals surface area contributed by atoms with Crippen LogP contribution in [0.1, 0.15) is 51.2 Å². The van der Waals surface area contributed by atoms with Gasteiger partial charge in [-0.1, -0.05) is 55.3 Å². The SMILES string of the molecule is CCCCC(=O)N1CCc2cc(CC(Br)C(C)C)ccc21. The third-order valence-corrected chi connectivity index (χ3v) is 5.62. The van der Waals surface area contributed by atoms with Gasteiger partial charge in [-0.25, -0.2) is 0 Å². The number of benzene rings is 1. The molecular formula is C18H26BrNO. The highest BCUT2D eigenvalue weighted by Gasteiger charge is 2.24. The molecule has 2 rings (SSSR count). The molecule has 1 amide bonds. The summed E-state index contributed by atoms with van der Waals surface area (Å²) in [6.07, 6.45) is 4.79. The van der Waals surface area contributed by atoms with Gasteiger partial charge in [-0.3, -0.25) is 4.79 Å². The van der Waals surface area contributed by atoms with Gasteiger partial charge in [0.25, 0.3) is 0 Å². The van der Waals surface area contributed by atoms with Crippen molar-refractivity contribution < 1.29 is 4.79 Å². The summed E-state index contributed by atoms with van der Waals surface area (Å²) in [6, 6.07) is 6.61. The standard InChI is InChI=1S/C18H26BrNO/c1-4-5-6-18(21)20-10-9-15-11-14(7-8-17(15)20)12-16(19)13(2)3/h7-8,11,13,16H,4-6,9-10,12H2,1-3H3. The third kappa shape index (κ3) is 4.09. The van der Waals surface area contributed by atoms with Crippen LogP contribution in [0.4, 0.5) is 5.69 Å². The molecule has 2 nitrogen and oxygen atoms in total. The second-order valence-corrected chi connectivity index (χ2v) is 7.50. The normalized spacial score (nSPS) is 15.4. The lowest BCUT2D eigenvalue weighted by Crippen LogP contribution is -2.28. The fourth-order valence-electron chi connectivity index (χ4n) is 2.76. The van der Waals surface area contributed by atoms with Crippen LogP contribution in [-0.2, 0) is 17.6 Å². The monoisotopic (exact) mass is 351 g/mol. The molecule has 1 aromatic rings. The van der Waals surface area contributed by atoms with Crippen LogP contribution in [0.3, 0.4) is 0 Å². The average Bonchev–Trinajstić information content (AvgIpc) is 2.87. The minimum absolute atomic E-state index is 0.281. The molecule has 116 valence electrons. The van der Waals surface area contributed by atoms with E-state index >= 15 is 0 Å². The van der Waals surface area contributed by atoms with E-state index in [2.05, 4.69) is 54.9 Å². The van der Waals surface area contributed by atoms with Crippen molar-refractivity contribution >= 4 is 27.5 Å². The lowest BCUT2D eigenvalue weighted by atomic mass is 10.00. The van der Waals surface area contributed by atoms with Crippen molar-refractivity contribution in [2.45, 2.75) is 57.7 Å². The summed E-state index contributed by atoms with van der Waals surface area (Å²) in [5.74, 6) is 0.911. The van der Waals surface area contributed by atoms with Gasteiger partial charge in [0.2, 0.25) is 5.91 Å². The lowest BCUT2D eigenvalue weighted by molar-refractivity contribution is -0.118. The zero-order chi connectivity index (χ0) is 15.4. The van der Waals surface area contributed by atoms with E-state index in [1.165, 1.54) is 11.1 Å². The zero-order valence-corrected chi connectivity index (χ0v) is 14.9. The molecular weight excluding hydrogens is 326 g/mol. The first-order valence-electron chi connectivity index (χ1n) is 8.09. The maximum atomic E-state index is 12.2. The van der Waals surface area contributed by atoms with E-state index in [0.717, 1.165) is 37.9 Å². The van der Waals surface area contributed by atoms with Crippen LogP contribution in [0.25, 0.3) is 0 Å². The van der Waals surface area contributed by atoms with E-state index < -0.39 is 0 Å². The summed E-state index contributed by atoms with van der Waals surface area (Å²) in [5, 5.41) is 0. The summed E-state index contributed by atoms with van der Waals surface area (Å²) >= 11 is 3.76. The van der Waals surface area contributed by atoms with Crippen molar-refractivity contribution in [3.8, 4) is 0 Å². The third-order valence-electron chi connectivity index (χ3n) is 4.24. The number of carbonyl (C=O) groups excluding carboxylic acids is 1. The van der Waals surface area contributed by atoms with Gasteiger partial charge in [-0.05, 0) is 42.4 Å². The first kappa shape index (κ1) is 16.5. The summed E-state index contributed by atoms with van der Waals surface area (Å²) in [5.41, 5.74) is 3.84. The van der Waals surface area contributed by atoms with Gasteiger partial charge in [0.1, 0.15) is 0 Å². The molecule has 0 aromatic heterocycles. The molecule has 0 aliphatic carbocycles. The van der Waals surface area contributed by atoms with Crippen LogP contribution in [0.15, 0.2) is 18.2 Å². The molecule has 0 N–H and O–H groups in total. The largest absolute Gasteiger partial charge is 0.312 e. The molecule has 0 bridgehead atoms. The van der Waals surface area contributed by atoms with Gasteiger partial charge in [0.05, 0.1) is 0 Å². The van der Waals surface area contributed by atoms with Crippen LogP contribution in [0, 0.1) is 5.92 Å². The van der Waals surface area contributed by atoms with Crippen LogP contribution < -0.4 is 4.90 Å². The molecule has 0 radical (unpaired) electrons. The fourth-order valence-corrected chi connectivity index (χ4v) is 3.14. The number of anilines is 1. The van der Waals surface area contributed by atoms with Crippen LogP contribution in [0.5, 0.6) is 0 Å². The van der Waals surface area contributed by atoms with Crippen LogP contribution >= 0.6 is 15.9 Å². The molecule has 1 aliphatic rings. The summed E-state index contributed by atoms with van der Waals surface area (Å²) < 4.78 is 0. The van der Waals surface area contributed by atoms with Crippen molar-refractivity contribution in [2.75, 3.05) is 11.4 Å². The van der Waals surface area contributed by atoms with Crippen molar-refractivity contribution in [2.24, 2.45) is 5.92 Å². The maximum absolute atomic E-state index is 12.2. The number of rotatable bonds is 6. The summed E-state index contributed by atoms with van der Waals surface area (Å²) in [7, 11) is 0. The Kier molecular flexibility index (Phi) is 5.86. The topological polar surface area (TPSA) is 20.3 Å². The van der Waals surface area contributed by atoms with E-state index in [4.69, 9.17) is 0 Å². The van der Waals surface area contributed by atoms with Crippen molar-refractivity contribution in [1.82, 2.24) is 0 Å². The second-order valence-electron chi connectivity index (χ2n) is 6.33. The molecule has 0 saturated heterocycles. The molecule has 1 heterocycles. The van der Waals surface area contributed by atoms with Crippen molar-refractivity contribution in [3.63, 3.8) is 0 Å². The Hall–Kier alpha value is -0.830. The number of amides is 1. The highest BCUT2D eigenvalue weighted by Crippen LogP contribution is 2.31. The minimum Gasteiger partial charge on any atom is -0.312 e. The number of fused-ring (bicyclic) bond motifs is 1. The summed E-state index contributed by atoms with van der Waals surface area (Å²) in [4.78, 5) is 14.7. The number of hydrogen-bond acceptors (Lipinski definition) is 1. The van der Waals surface area contributed by atoms with Gasteiger partial charge in [-0.15, -0.1) is 0 Å². The number of unbranched alkanes of at least 4 members (excludes halogenated alkanes) is 1. The van der Waals surface area contributed by atoms with E-state index in [1.807, 2.05) is 4.90 Å². The Morgan fingerprint density at radius 3 is 2.81 bits per heavy atom. The van der Waals surface area contributed by atoms with Crippen LogP contribution in [-0.4, -0.2) is 17.3 Å². The number of halogens is 1. The molecule has 1 aromatic carbocycles. The number of hydrogen-bond donors (Lipinski definition) is 0. The smallest absolute Gasteiger partial charge is 0.226 e. The Morgan fingerprint density at radius 2 is 2.14 bits per heavy atom. The highest BCUT2D eigenvalue weighted by molar-refractivity contribution is 9.09. The lowest BCUT2D eigenvalue weighted by Gasteiger charge is -2.18. The van der Waals surface area contributed by atoms with Crippen molar-refractivity contribution in [3.05, 3.63) is 29.3 Å². The number of alkyl halides is 1. The van der Waals surface area contributed by atoms with Gasteiger partial charge >= 0.3 is 0 Å². The average molecular weight is 352 g/mol. The molecule has 0 saturated carbocycles. The summed E-state index contributed by atoms with van der Waals surface area (Å²) in [6.45, 7) is 7.45. The Bertz CT molecular complexity index is 498. The van der Waals surface area contributed by atoms with Gasteiger partial charge in [0, 0.05) is 23.5 Å². The molecule has 1 unspecified atom stereocenters. The van der Waals surface area contributed by atoms with Gasteiger partial charge in [0.15, 0.2) is 0 Å². The Labute approximate surface area is 137 Å². The van der Waals surface area contributed by atoms with E-state index in [1.54, 1.807) is 0 Å². The maximum Gasteiger partial charge on any atom is 0.226 e. The van der Waals surface area contributed by atoms with Crippen molar-refractivity contribution in [1.29, 1.82) is 0 Å². The molecule has 0 fully saturated rings. The van der Waals surface area contributed by atoms with E-state index in [9.17, 15) is 4.79 Å². The van der Waals surface area contributed by atoms with Gasteiger partial charge in [-0.2, -0.15) is 0 Å². The number of carbonyl (C=O) groups is 1.